The molecule has 3 rings (SSSR count). The minimum Gasteiger partial charge on any atom is -0.487 e. The highest BCUT2D eigenvalue weighted by Crippen LogP contribution is 2.36. The molecule has 2 aromatic carbocycles. The van der Waals surface area contributed by atoms with Crippen molar-refractivity contribution in [3.05, 3.63) is 59.5 Å². The summed E-state index contributed by atoms with van der Waals surface area (Å²) in [6.45, 7) is 1.05. The average Bonchev–Trinajstić information content (AvgIpc) is 2.80. The summed E-state index contributed by atoms with van der Waals surface area (Å²) < 4.78 is 36.3. The van der Waals surface area contributed by atoms with Crippen molar-refractivity contribution in [1.29, 1.82) is 0 Å². The zero-order valence-corrected chi connectivity index (χ0v) is 18.5. The fraction of sp³-hybridized carbons (Fsp3) is 0.273. The number of hydrogen-bond donors (Lipinski definition) is 2. The van der Waals surface area contributed by atoms with Gasteiger partial charge in [-0.3, -0.25) is 0 Å². The molecule has 1 heterocycles. The van der Waals surface area contributed by atoms with Crippen molar-refractivity contribution in [3.8, 4) is 11.5 Å². The predicted molar refractivity (Wildman–Crippen MR) is 121 cm³/mol. The molecule has 0 aliphatic heterocycles. The van der Waals surface area contributed by atoms with Crippen LogP contribution in [0.4, 0.5) is 27.5 Å². The number of rotatable bonds is 12. The molecule has 3 aromatic rings. The first kappa shape index (κ1) is 23.5. The normalized spacial score (nSPS) is 10.6. The van der Waals surface area contributed by atoms with E-state index in [1.165, 1.54) is 19.4 Å². The number of nitrogens with zero attached hydrogens (tertiary/aromatic N) is 2. The van der Waals surface area contributed by atoms with Gasteiger partial charge in [0.15, 0.2) is 23.1 Å². The van der Waals surface area contributed by atoms with Gasteiger partial charge in [0.1, 0.15) is 18.2 Å². The number of hydrogen-bond acceptors (Lipinski definition) is 8. The number of aromatic nitrogens is 2. The van der Waals surface area contributed by atoms with Crippen LogP contribution < -0.4 is 20.1 Å². The lowest BCUT2D eigenvalue weighted by Crippen LogP contribution is -2.11. The van der Waals surface area contributed by atoms with Crippen molar-refractivity contribution in [2.45, 2.75) is 0 Å². The lowest BCUT2D eigenvalue weighted by atomic mass is 10.2. The van der Waals surface area contributed by atoms with Gasteiger partial charge in [-0.2, -0.15) is 4.98 Å². The van der Waals surface area contributed by atoms with Gasteiger partial charge in [0.2, 0.25) is 5.95 Å². The Balaban J connectivity index is 1.82. The van der Waals surface area contributed by atoms with Gasteiger partial charge >= 0.3 is 0 Å². The van der Waals surface area contributed by atoms with Crippen molar-refractivity contribution in [3.63, 3.8) is 0 Å². The largest absolute Gasteiger partial charge is 0.487 e. The molecule has 0 saturated carbocycles. The molecule has 2 N–H and O–H groups in total. The molecule has 0 saturated heterocycles. The Kier molecular flexibility index (Phi) is 8.85. The predicted octanol–water partition coefficient (Wildman–Crippen LogP) is 4.81. The van der Waals surface area contributed by atoms with Crippen LogP contribution in [-0.2, 0) is 9.47 Å². The number of methoxy groups -OCH3 is 2. The fourth-order valence-electron chi connectivity index (χ4n) is 2.64. The number of ether oxygens (including phenoxy) is 4. The molecule has 1 aromatic heterocycles. The van der Waals surface area contributed by atoms with Gasteiger partial charge in [-0.1, -0.05) is 29.8 Å². The van der Waals surface area contributed by atoms with Gasteiger partial charge in [-0.25, -0.2) is 9.37 Å². The number of para-hydroxylation sites is 1. The van der Waals surface area contributed by atoms with Crippen molar-refractivity contribution in [2.24, 2.45) is 0 Å². The summed E-state index contributed by atoms with van der Waals surface area (Å²) >= 11 is 6.21. The van der Waals surface area contributed by atoms with E-state index in [1.54, 1.807) is 13.2 Å². The van der Waals surface area contributed by atoms with Crippen LogP contribution in [0.5, 0.6) is 11.5 Å². The van der Waals surface area contributed by atoms with Gasteiger partial charge in [-0.05, 0) is 24.3 Å². The van der Waals surface area contributed by atoms with E-state index in [2.05, 4.69) is 20.6 Å². The van der Waals surface area contributed by atoms with E-state index < -0.39 is 5.82 Å². The smallest absolute Gasteiger partial charge is 0.229 e. The standard InChI is InChI=1S/C22H24ClFN4O4/c1-29-10-12-31-18-9-8-17(19(24)20(18)32-13-11-30-2)27-22-25-14-16(23)21(28-22)26-15-6-4-3-5-7-15/h3-9,14H,10-13H2,1-2H3,(H2,25,26,27,28). The average molecular weight is 463 g/mol. The summed E-state index contributed by atoms with van der Waals surface area (Å²) in [6.07, 6.45) is 1.43. The van der Waals surface area contributed by atoms with Crippen LogP contribution in [0.2, 0.25) is 5.02 Å². The van der Waals surface area contributed by atoms with E-state index in [9.17, 15) is 0 Å². The Morgan fingerprint density at radius 3 is 2.34 bits per heavy atom. The maximum absolute atomic E-state index is 15.2. The maximum atomic E-state index is 15.2. The Morgan fingerprint density at radius 1 is 0.906 bits per heavy atom. The van der Waals surface area contributed by atoms with Gasteiger partial charge in [-0.15, -0.1) is 0 Å². The number of anilines is 4. The molecule has 0 unspecified atom stereocenters. The van der Waals surface area contributed by atoms with E-state index >= 15 is 4.39 Å². The summed E-state index contributed by atoms with van der Waals surface area (Å²) in [6, 6.07) is 12.5. The van der Waals surface area contributed by atoms with Crippen LogP contribution in [0.25, 0.3) is 0 Å². The molecule has 0 bridgehead atoms. The first-order chi connectivity index (χ1) is 15.6. The highest BCUT2D eigenvalue weighted by atomic mass is 35.5. The highest BCUT2D eigenvalue weighted by molar-refractivity contribution is 6.32. The quantitative estimate of drug-likeness (QED) is 0.371. The van der Waals surface area contributed by atoms with Gasteiger partial charge in [0, 0.05) is 19.9 Å². The number of nitrogens with one attached hydrogen (secondary N) is 2. The Hall–Kier alpha value is -3.14. The lowest BCUT2D eigenvalue weighted by molar-refractivity contribution is 0.130. The second-order valence-corrected chi connectivity index (χ2v) is 6.85. The SMILES string of the molecule is COCCOc1ccc(Nc2ncc(Cl)c(Nc3ccccc3)n2)c(F)c1OCCOC. The summed E-state index contributed by atoms with van der Waals surface area (Å²) in [5.41, 5.74) is 0.918. The summed E-state index contributed by atoms with van der Waals surface area (Å²) in [5, 5.41) is 6.30. The Labute approximate surface area is 190 Å². The van der Waals surface area contributed by atoms with E-state index in [-0.39, 0.29) is 36.3 Å². The molecule has 0 aliphatic carbocycles. The summed E-state index contributed by atoms with van der Waals surface area (Å²) in [5.74, 6) is 0.103. The Bertz CT molecular complexity index is 1010. The van der Waals surface area contributed by atoms with E-state index in [0.29, 0.717) is 24.1 Å². The van der Waals surface area contributed by atoms with Crippen molar-refractivity contribution < 1.29 is 23.3 Å². The third kappa shape index (κ3) is 6.43. The van der Waals surface area contributed by atoms with Crippen molar-refractivity contribution in [1.82, 2.24) is 9.97 Å². The molecule has 32 heavy (non-hydrogen) atoms. The first-order valence-electron chi connectivity index (χ1n) is 9.80. The first-order valence-corrected chi connectivity index (χ1v) is 10.2. The summed E-state index contributed by atoms with van der Waals surface area (Å²) in [4.78, 5) is 8.49. The van der Waals surface area contributed by atoms with Crippen LogP contribution >= 0.6 is 11.6 Å². The highest BCUT2D eigenvalue weighted by Gasteiger charge is 2.18. The molecule has 0 amide bonds. The maximum Gasteiger partial charge on any atom is 0.229 e. The van der Waals surface area contributed by atoms with Crippen LogP contribution in [-0.4, -0.2) is 50.6 Å². The zero-order valence-electron chi connectivity index (χ0n) is 17.7. The molecule has 8 nitrogen and oxygen atoms in total. The third-order valence-corrected chi connectivity index (χ3v) is 4.44. The van der Waals surface area contributed by atoms with Crippen molar-refractivity contribution in [2.75, 3.05) is 51.3 Å². The molecule has 0 fully saturated rings. The van der Waals surface area contributed by atoms with E-state index in [4.69, 9.17) is 30.5 Å². The van der Waals surface area contributed by atoms with E-state index in [0.717, 1.165) is 5.69 Å². The van der Waals surface area contributed by atoms with Crippen LogP contribution in [0, 0.1) is 5.82 Å². The minimum absolute atomic E-state index is 0.0419. The minimum atomic E-state index is -0.646. The molecule has 170 valence electrons. The number of halogens is 2. The van der Waals surface area contributed by atoms with E-state index in [1.807, 2.05) is 30.3 Å². The fourth-order valence-corrected chi connectivity index (χ4v) is 2.78. The molecule has 10 heteroatoms. The molecule has 0 aliphatic rings. The zero-order chi connectivity index (χ0) is 22.8. The molecule has 0 atom stereocenters. The van der Waals surface area contributed by atoms with Crippen LogP contribution in [0.3, 0.4) is 0 Å². The second kappa shape index (κ2) is 12.0. The van der Waals surface area contributed by atoms with Crippen LogP contribution in [0.1, 0.15) is 0 Å². The number of benzene rings is 2. The topological polar surface area (TPSA) is 86.8 Å². The Morgan fingerprint density at radius 2 is 1.62 bits per heavy atom. The lowest BCUT2D eigenvalue weighted by Gasteiger charge is -2.16. The molecular formula is C22H24ClFN4O4. The third-order valence-electron chi connectivity index (χ3n) is 4.17. The van der Waals surface area contributed by atoms with Gasteiger partial charge in [0.25, 0.3) is 0 Å². The molecule has 0 radical (unpaired) electrons. The second-order valence-electron chi connectivity index (χ2n) is 6.44. The van der Waals surface area contributed by atoms with Crippen LogP contribution in [0.15, 0.2) is 48.7 Å². The van der Waals surface area contributed by atoms with Crippen molar-refractivity contribution >= 4 is 34.7 Å². The molecular weight excluding hydrogens is 439 g/mol. The monoisotopic (exact) mass is 462 g/mol. The van der Waals surface area contributed by atoms with Gasteiger partial charge in [0.05, 0.1) is 25.1 Å². The van der Waals surface area contributed by atoms with Gasteiger partial charge < -0.3 is 29.6 Å². The molecule has 0 spiro atoms. The summed E-state index contributed by atoms with van der Waals surface area (Å²) in [7, 11) is 3.09.